The number of hydrogen-bond acceptors (Lipinski definition) is 4. The zero-order valence-electron chi connectivity index (χ0n) is 17.0. The molecule has 0 aliphatic heterocycles. The molecule has 28 heavy (non-hydrogen) atoms. The Labute approximate surface area is 164 Å². The number of aromatic nitrogens is 5. The molecule has 8 nitrogen and oxygen atoms in total. The van der Waals surface area contributed by atoms with Crippen molar-refractivity contribution in [1.29, 1.82) is 0 Å². The Bertz CT molecular complexity index is 1030. The van der Waals surface area contributed by atoms with Gasteiger partial charge in [0.1, 0.15) is 0 Å². The van der Waals surface area contributed by atoms with Gasteiger partial charge in [-0.25, -0.2) is 9.59 Å². The van der Waals surface area contributed by atoms with Gasteiger partial charge < -0.3 is 9.47 Å². The molecular formula is C20H26N6O2. The van der Waals surface area contributed by atoms with Crippen molar-refractivity contribution in [3.05, 3.63) is 63.8 Å². The quantitative estimate of drug-likeness (QED) is 0.636. The molecule has 0 atom stereocenters. The minimum Gasteiger partial charge on any atom is -0.343 e. The van der Waals surface area contributed by atoms with Crippen LogP contribution in [0.3, 0.4) is 0 Å². The lowest BCUT2D eigenvalue weighted by Crippen LogP contribution is -2.44. The second-order valence-electron chi connectivity index (χ2n) is 7.08. The van der Waals surface area contributed by atoms with Gasteiger partial charge in [-0.2, -0.15) is 4.68 Å². The van der Waals surface area contributed by atoms with Gasteiger partial charge >= 0.3 is 11.7 Å². The average Bonchev–Trinajstić information content (AvgIpc) is 3.17. The normalized spacial score (nSPS) is 11.2. The molecule has 0 aliphatic carbocycles. The minimum atomic E-state index is -0.566. The van der Waals surface area contributed by atoms with E-state index in [0.29, 0.717) is 18.8 Å². The van der Waals surface area contributed by atoms with Gasteiger partial charge in [-0.05, 0) is 56.7 Å². The number of carbonyl (C=O) groups excluding carboxylic acids is 1. The summed E-state index contributed by atoms with van der Waals surface area (Å²) in [5.74, 6) is 0. The first-order chi connectivity index (χ1) is 13.3. The highest BCUT2D eigenvalue weighted by atomic mass is 16.2. The summed E-state index contributed by atoms with van der Waals surface area (Å²) in [6.07, 6.45) is 0. The van der Waals surface area contributed by atoms with Crippen LogP contribution >= 0.6 is 0 Å². The van der Waals surface area contributed by atoms with Crippen molar-refractivity contribution in [2.45, 2.75) is 47.2 Å². The number of tetrazole rings is 1. The standard InChI is InChI=1S/C20H26N6O2/c1-6-23(14(2)3)19(27)26-20(28)25(21-22-26)18-12-15(4)24(16(18)5)13-17-10-8-7-9-11-17/h7-12,14H,6,13H2,1-5H3. The molecule has 0 unspecified atom stereocenters. The molecule has 0 bridgehead atoms. The molecule has 8 heteroatoms. The van der Waals surface area contributed by atoms with Crippen LogP contribution in [0.1, 0.15) is 37.7 Å². The van der Waals surface area contributed by atoms with Crippen LogP contribution in [0.25, 0.3) is 5.69 Å². The van der Waals surface area contributed by atoms with Crippen molar-refractivity contribution in [2.75, 3.05) is 6.54 Å². The van der Waals surface area contributed by atoms with Gasteiger partial charge in [0.05, 0.1) is 5.69 Å². The van der Waals surface area contributed by atoms with Crippen LogP contribution in [-0.4, -0.2) is 47.9 Å². The Morgan fingerprint density at radius 1 is 1.14 bits per heavy atom. The third-order valence-electron chi connectivity index (χ3n) is 4.93. The molecule has 0 spiro atoms. The Morgan fingerprint density at radius 2 is 1.82 bits per heavy atom. The van der Waals surface area contributed by atoms with Crippen molar-refractivity contribution in [3.8, 4) is 5.69 Å². The van der Waals surface area contributed by atoms with E-state index in [-0.39, 0.29) is 6.04 Å². The van der Waals surface area contributed by atoms with E-state index in [9.17, 15) is 9.59 Å². The van der Waals surface area contributed by atoms with E-state index in [2.05, 4.69) is 27.1 Å². The maximum absolute atomic E-state index is 12.8. The van der Waals surface area contributed by atoms with Gasteiger partial charge in [-0.3, -0.25) is 0 Å². The highest BCUT2D eigenvalue weighted by Crippen LogP contribution is 2.19. The first-order valence-electron chi connectivity index (χ1n) is 9.42. The van der Waals surface area contributed by atoms with E-state index in [1.807, 2.05) is 58.9 Å². The molecule has 0 saturated heterocycles. The van der Waals surface area contributed by atoms with Crippen LogP contribution in [-0.2, 0) is 6.54 Å². The Hall–Kier alpha value is -3.16. The number of benzene rings is 1. The number of nitrogens with zero attached hydrogens (tertiary/aromatic N) is 6. The van der Waals surface area contributed by atoms with Gasteiger partial charge in [0.15, 0.2) is 0 Å². The van der Waals surface area contributed by atoms with Crippen LogP contribution in [0.2, 0.25) is 0 Å². The monoisotopic (exact) mass is 382 g/mol. The second-order valence-corrected chi connectivity index (χ2v) is 7.08. The highest BCUT2D eigenvalue weighted by molar-refractivity contribution is 5.75. The predicted molar refractivity (Wildman–Crippen MR) is 107 cm³/mol. The first-order valence-corrected chi connectivity index (χ1v) is 9.42. The molecule has 2 heterocycles. The molecule has 3 aromatic rings. The molecular weight excluding hydrogens is 356 g/mol. The topological polar surface area (TPSA) is 78.0 Å². The van der Waals surface area contributed by atoms with Gasteiger partial charge in [0.25, 0.3) is 0 Å². The SMILES string of the molecule is CCN(C(=O)n1nnn(-c2cc(C)n(Cc3ccccc3)c2C)c1=O)C(C)C. The smallest absolute Gasteiger partial charge is 0.343 e. The van der Waals surface area contributed by atoms with E-state index in [1.54, 1.807) is 4.90 Å². The summed E-state index contributed by atoms with van der Waals surface area (Å²) in [6.45, 7) is 10.8. The van der Waals surface area contributed by atoms with Crippen LogP contribution in [0.5, 0.6) is 0 Å². The molecule has 3 rings (SSSR count). The lowest BCUT2D eigenvalue weighted by atomic mass is 10.2. The number of carbonyl (C=O) groups is 1. The fourth-order valence-electron chi connectivity index (χ4n) is 3.37. The number of amides is 1. The summed E-state index contributed by atoms with van der Waals surface area (Å²) in [5.41, 5.74) is 3.12. The molecule has 1 amide bonds. The summed E-state index contributed by atoms with van der Waals surface area (Å²) in [5, 5.41) is 7.79. The van der Waals surface area contributed by atoms with Crippen LogP contribution in [0.15, 0.2) is 41.2 Å². The first kappa shape index (κ1) is 19.6. The Balaban J connectivity index is 1.98. The molecule has 0 aliphatic rings. The number of rotatable bonds is 5. The zero-order chi connectivity index (χ0) is 20.4. The minimum absolute atomic E-state index is 0.0366. The Morgan fingerprint density at radius 3 is 2.43 bits per heavy atom. The lowest BCUT2D eigenvalue weighted by Gasteiger charge is -2.23. The van der Waals surface area contributed by atoms with Crippen LogP contribution < -0.4 is 5.69 Å². The maximum atomic E-state index is 12.8. The zero-order valence-corrected chi connectivity index (χ0v) is 17.0. The van der Waals surface area contributed by atoms with E-state index >= 15 is 0 Å². The van der Waals surface area contributed by atoms with E-state index in [4.69, 9.17) is 0 Å². The van der Waals surface area contributed by atoms with E-state index in [0.717, 1.165) is 21.6 Å². The van der Waals surface area contributed by atoms with Crippen molar-refractivity contribution < 1.29 is 4.79 Å². The summed E-state index contributed by atoms with van der Waals surface area (Å²) in [4.78, 5) is 27.0. The number of aryl methyl sites for hydroxylation is 1. The summed E-state index contributed by atoms with van der Waals surface area (Å²) in [6, 6.07) is 11.5. The van der Waals surface area contributed by atoms with Crippen LogP contribution in [0.4, 0.5) is 4.79 Å². The summed E-state index contributed by atoms with van der Waals surface area (Å²) in [7, 11) is 0. The predicted octanol–water partition coefficient (Wildman–Crippen LogP) is 2.59. The van der Waals surface area contributed by atoms with Crippen molar-refractivity contribution in [1.82, 2.24) is 29.3 Å². The lowest BCUT2D eigenvalue weighted by molar-refractivity contribution is 0.184. The molecule has 1 aromatic carbocycles. The molecule has 0 N–H and O–H groups in total. The maximum Gasteiger partial charge on any atom is 0.377 e. The van der Waals surface area contributed by atoms with E-state index < -0.39 is 11.7 Å². The third kappa shape index (κ3) is 3.49. The largest absolute Gasteiger partial charge is 0.377 e. The second kappa shape index (κ2) is 7.84. The molecule has 148 valence electrons. The van der Waals surface area contributed by atoms with Gasteiger partial charge in [-0.15, -0.1) is 4.68 Å². The molecule has 0 saturated carbocycles. The summed E-state index contributed by atoms with van der Waals surface area (Å²) >= 11 is 0. The van der Waals surface area contributed by atoms with Crippen LogP contribution in [0, 0.1) is 13.8 Å². The van der Waals surface area contributed by atoms with Crippen molar-refractivity contribution >= 4 is 6.03 Å². The van der Waals surface area contributed by atoms with Crippen molar-refractivity contribution in [2.24, 2.45) is 0 Å². The van der Waals surface area contributed by atoms with E-state index in [1.165, 1.54) is 4.68 Å². The van der Waals surface area contributed by atoms with Gasteiger partial charge in [0.2, 0.25) is 0 Å². The number of hydrogen-bond donors (Lipinski definition) is 0. The average molecular weight is 382 g/mol. The van der Waals surface area contributed by atoms with Gasteiger partial charge in [0, 0.05) is 30.5 Å². The molecule has 0 radical (unpaired) electrons. The van der Waals surface area contributed by atoms with Crippen molar-refractivity contribution in [3.63, 3.8) is 0 Å². The third-order valence-corrected chi connectivity index (χ3v) is 4.93. The highest BCUT2D eigenvalue weighted by Gasteiger charge is 2.24. The molecule has 0 fully saturated rings. The van der Waals surface area contributed by atoms with Gasteiger partial charge in [-0.1, -0.05) is 30.3 Å². The fraction of sp³-hybridized carbons (Fsp3) is 0.400. The Kier molecular flexibility index (Phi) is 5.48. The fourth-order valence-corrected chi connectivity index (χ4v) is 3.37. The molecule has 2 aromatic heterocycles. The summed E-state index contributed by atoms with van der Waals surface area (Å²) < 4.78 is 4.13.